The van der Waals surface area contributed by atoms with E-state index in [-0.39, 0.29) is 11.9 Å². The zero-order valence-corrected chi connectivity index (χ0v) is 12.7. The smallest absolute Gasteiger partial charge is 0.253 e. The summed E-state index contributed by atoms with van der Waals surface area (Å²) in [6.07, 6.45) is 7.65. The number of hydrogen-bond donors (Lipinski definition) is 2. The van der Waals surface area contributed by atoms with Gasteiger partial charge in [0.1, 0.15) is 6.07 Å². The van der Waals surface area contributed by atoms with Crippen molar-refractivity contribution in [1.82, 2.24) is 10.3 Å². The molecule has 23 heavy (non-hydrogen) atoms. The Kier molecular flexibility index (Phi) is 4.53. The monoisotopic (exact) mass is 306 g/mol. The van der Waals surface area contributed by atoms with Crippen molar-refractivity contribution in [2.24, 2.45) is 0 Å². The average Bonchev–Trinajstić information content (AvgIpc) is 3.08. The van der Waals surface area contributed by atoms with Gasteiger partial charge < -0.3 is 10.6 Å². The molecule has 1 aliphatic carbocycles. The number of aromatic nitrogens is 1. The Morgan fingerprint density at radius 1 is 1.22 bits per heavy atom. The minimum Gasteiger partial charge on any atom is -0.353 e. The van der Waals surface area contributed by atoms with E-state index in [9.17, 15) is 4.79 Å². The maximum Gasteiger partial charge on any atom is 0.253 e. The van der Waals surface area contributed by atoms with Gasteiger partial charge in [0.15, 0.2) is 0 Å². The van der Waals surface area contributed by atoms with Gasteiger partial charge in [-0.05, 0) is 31.0 Å². The summed E-state index contributed by atoms with van der Waals surface area (Å²) in [5.41, 5.74) is 2.46. The van der Waals surface area contributed by atoms with Crippen LogP contribution in [0.2, 0.25) is 0 Å². The summed E-state index contributed by atoms with van der Waals surface area (Å²) in [6, 6.07) is 11.4. The van der Waals surface area contributed by atoms with E-state index in [1.807, 2.05) is 18.2 Å². The Morgan fingerprint density at radius 2 is 2.00 bits per heavy atom. The SMILES string of the molecule is N#Cc1ccccc1Nc1cncc(C(=O)NC2CCCC2)c1. The molecular formula is C18H18N4O. The van der Waals surface area contributed by atoms with Crippen LogP contribution in [0.25, 0.3) is 0 Å². The Balaban J connectivity index is 1.74. The predicted octanol–water partition coefficient (Wildman–Crippen LogP) is 3.37. The number of anilines is 2. The molecule has 1 saturated carbocycles. The van der Waals surface area contributed by atoms with E-state index in [4.69, 9.17) is 5.26 Å². The van der Waals surface area contributed by atoms with Gasteiger partial charge in [-0.1, -0.05) is 25.0 Å². The summed E-state index contributed by atoms with van der Waals surface area (Å²) in [5.74, 6) is -0.0957. The van der Waals surface area contributed by atoms with E-state index >= 15 is 0 Å². The molecule has 1 fully saturated rings. The largest absolute Gasteiger partial charge is 0.353 e. The molecule has 0 radical (unpaired) electrons. The van der Waals surface area contributed by atoms with Crippen LogP contribution in [0.5, 0.6) is 0 Å². The van der Waals surface area contributed by atoms with E-state index in [1.54, 1.807) is 24.5 Å². The molecule has 1 heterocycles. The van der Waals surface area contributed by atoms with Gasteiger partial charge in [0.2, 0.25) is 0 Å². The van der Waals surface area contributed by atoms with E-state index in [0.717, 1.165) is 12.8 Å². The second-order valence-corrected chi connectivity index (χ2v) is 5.70. The third kappa shape index (κ3) is 3.67. The first-order valence-corrected chi connectivity index (χ1v) is 7.78. The summed E-state index contributed by atoms with van der Waals surface area (Å²) >= 11 is 0. The molecule has 0 bridgehead atoms. The molecule has 3 rings (SSSR count). The lowest BCUT2D eigenvalue weighted by Gasteiger charge is -2.13. The number of pyridine rings is 1. The van der Waals surface area contributed by atoms with Crippen LogP contribution in [0.3, 0.4) is 0 Å². The molecule has 1 aromatic carbocycles. The summed E-state index contributed by atoms with van der Waals surface area (Å²) in [5, 5.41) is 15.3. The number of nitrogens with one attached hydrogen (secondary N) is 2. The molecule has 116 valence electrons. The molecule has 0 unspecified atom stereocenters. The van der Waals surface area contributed by atoms with Gasteiger partial charge in [0.05, 0.1) is 28.7 Å². The van der Waals surface area contributed by atoms with E-state index in [0.29, 0.717) is 22.5 Å². The van der Waals surface area contributed by atoms with Crippen molar-refractivity contribution in [3.05, 3.63) is 53.9 Å². The Morgan fingerprint density at radius 3 is 2.78 bits per heavy atom. The van der Waals surface area contributed by atoms with Crippen LogP contribution in [0.4, 0.5) is 11.4 Å². The quantitative estimate of drug-likeness (QED) is 0.908. The molecule has 1 aromatic heterocycles. The Bertz CT molecular complexity index is 745. The number of hydrogen-bond acceptors (Lipinski definition) is 4. The van der Waals surface area contributed by atoms with Crippen molar-refractivity contribution in [3.8, 4) is 6.07 Å². The van der Waals surface area contributed by atoms with Gasteiger partial charge >= 0.3 is 0 Å². The topological polar surface area (TPSA) is 77.8 Å². The molecule has 0 spiro atoms. The Labute approximate surface area is 135 Å². The summed E-state index contributed by atoms with van der Waals surface area (Å²) < 4.78 is 0. The van der Waals surface area contributed by atoms with Gasteiger partial charge in [-0.25, -0.2) is 0 Å². The molecule has 1 aliphatic rings. The summed E-state index contributed by atoms with van der Waals surface area (Å²) in [7, 11) is 0. The molecule has 2 N–H and O–H groups in total. The second kappa shape index (κ2) is 6.93. The maximum atomic E-state index is 12.3. The van der Waals surface area contributed by atoms with Crippen molar-refractivity contribution >= 4 is 17.3 Å². The normalized spacial score (nSPS) is 14.2. The van der Waals surface area contributed by atoms with Crippen LogP contribution < -0.4 is 10.6 Å². The number of amides is 1. The molecular weight excluding hydrogens is 288 g/mol. The van der Waals surface area contributed by atoms with Crippen LogP contribution in [-0.2, 0) is 0 Å². The van der Waals surface area contributed by atoms with Crippen LogP contribution in [-0.4, -0.2) is 16.9 Å². The number of para-hydroxylation sites is 1. The first-order chi connectivity index (χ1) is 11.3. The third-order valence-electron chi connectivity index (χ3n) is 4.02. The van der Waals surface area contributed by atoms with Crippen molar-refractivity contribution in [3.63, 3.8) is 0 Å². The van der Waals surface area contributed by atoms with Crippen molar-refractivity contribution in [2.45, 2.75) is 31.7 Å². The highest BCUT2D eigenvalue weighted by atomic mass is 16.1. The van der Waals surface area contributed by atoms with Crippen LogP contribution >= 0.6 is 0 Å². The number of carbonyl (C=O) groups excluding carboxylic acids is 1. The van der Waals surface area contributed by atoms with Crippen LogP contribution in [0, 0.1) is 11.3 Å². The number of rotatable bonds is 4. The highest BCUT2D eigenvalue weighted by Gasteiger charge is 2.18. The maximum absolute atomic E-state index is 12.3. The fourth-order valence-corrected chi connectivity index (χ4v) is 2.82. The predicted molar refractivity (Wildman–Crippen MR) is 88.4 cm³/mol. The number of carbonyl (C=O) groups is 1. The minimum atomic E-state index is -0.0957. The van der Waals surface area contributed by atoms with Crippen molar-refractivity contribution in [2.75, 3.05) is 5.32 Å². The van der Waals surface area contributed by atoms with E-state index in [1.165, 1.54) is 12.8 Å². The molecule has 1 amide bonds. The molecule has 0 saturated heterocycles. The highest BCUT2D eigenvalue weighted by molar-refractivity contribution is 5.95. The second-order valence-electron chi connectivity index (χ2n) is 5.70. The fourth-order valence-electron chi connectivity index (χ4n) is 2.82. The zero-order chi connectivity index (χ0) is 16.1. The van der Waals surface area contributed by atoms with Crippen molar-refractivity contribution in [1.29, 1.82) is 5.26 Å². The van der Waals surface area contributed by atoms with Crippen LogP contribution in [0.15, 0.2) is 42.7 Å². The fraction of sp³-hybridized carbons (Fsp3) is 0.278. The minimum absolute atomic E-state index is 0.0957. The van der Waals surface area contributed by atoms with Crippen LogP contribution in [0.1, 0.15) is 41.6 Å². The molecule has 5 heteroatoms. The summed E-state index contributed by atoms with van der Waals surface area (Å²) in [6.45, 7) is 0. The highest BCUT2D eigenvalue weighted by Crippen LogP contribution is 2.21. The number of benzene rings is 1. The first kappa shape index (κ1) is 15.0. The molecule has 2 aromatic rings. The van der Waals surface area contributed by atoms with Gasteiger partial charge in [-0.3, -0.25) is 9.78 Å². The Hall–Kier alpha value is -2.87. The van der Waals surface area contributed by atoms with Gasteiger partial charge in [-0.2, -0.15) is 5.26 Å². The van der Waals surface area contributed by atoms with Gasteiger partial charge in [0.25, 0.3) is 5.91 Å². The van der Waals surface area contributed by atoms with Crippen molar-refractivity contribution < 1.29 is 4.79 Å². The first-order valence-electron chi connectivity index (χ1n) is 7.78. The van der Waals surface area contributed by atoms with E-state index in [2.05, 4.69) is 21.7 Å². The third-order valence-corrected chi connectivity index (χ3v) is 4.02. The van der Waals surface area contributed by atoms with Gasteiger partial charge in [0, 0.05) is 12.2 Å². The lowest BCUT2D eigenvalue weighted by molar-refractivity contribution is 0.0937. The summed E-state index contributed by atoms with van der Waals surface area (Å²) in [4.78, 5) is 16.4. The van der Waals surface area contributed by atoms with E-state index < -0.39 is 0 Å². The lowest BCUT2D eigenvalue weighted by atomic mass is 10.1. The molecule has 0 atom stereocenters. The number of nitrogens with zero attached hydrogens (tertiary/aromatic N) is 2. The molecule has 0 aliphatic heterocycles. The van der Waals surface area contributed by atoms with Gasteiger partial charge in [-0.15, -0.1) is 0 Å². The zero-order valence-electron chi connectivity index (χ0n) is 12.7. The number of nitriles is 1. The standard InChI is InChI=1S/C18H18N4O/c19-10-13-5-1-4-8-17(13)21-16-9-14(11-20-12-16)18(23)22-15-6-2-3-7-15/h1,4-5,8-9,11-12,15,21H,2-3,6-7H2,(H,22,23). The average molecular weight is 306 g/mol. The lowest BCUT2D eigenvalue weighted by Crippen LogP contribution is -2.32. The molecule has 5 nitrogen and oxygen atoms in total.